The fourth-order valence-corrected chi connectivity index (χ4v) is 5.22. The van der Waals surface area contributed by atoms with Gasteiger partial charge in [0.1, 0.15) is 17.5 Å². The van der Waals surface area contributed by atoms with Crippen molar-refractivity contribution in [1.29, 1.82) is 0 Å². The minimum atomic E-state index is -0.809. The fraction of sp³-hybridized carbons (Fsp3) is 0.586. The van der Waals surface area contributed by atoms with Gasteiger partial charge in [0.15, 0.2) is 0 Å². The number of hydrogen-bond acceptors (Lipinski definition) is 9. The van der Waals surface area contributed by atoms with Crippen LogP contribution in [-0.4, -0.2) is 69.0 Å². The number of piperidine rings is 1. The van der Waals surface area contributed by atoms with Crippen LogP contribution in [-0.2, 0) is 4.74 Å². The summed E-state index contributed by atoms with van der Waals surface area (Å²) in [5.41, 5.74) is 0.408. The Morgan fingerprint density at radius 1 is 1.08 bits per heavy atom. The van der Waals surface area contributed by atoms with Crippen LogP contribution in [0.5, 0.6) is 0 Å². The summed E-state index contributed by atoms with van der Waals surface area (Å²) in [5.74, 6) is 4.21. The van der Waals surface area contributed by atoms with Crippen molar-refractivity contribution in [2.45, 2.75) is 78.0 Å². The Bertz CT molecular complexity index is 1270. The molecule has 3 aromatic heterocycles. The predicted molar refractivity (Wildman–Crippen MR) is 152 cm³/mol. The summed E-state index contributed by atoms with van der Waals surface area (Å²) in [6.07, 6.45) is 7.67. The first kappa shape index (κ1) is 26.6. The highest BCUT2D eigenvalue weighted by atomic mass is 16.5. The summed E-state index contributed by atoms with van der Waals surface area (Å²) in [7, 11) is 0. The molecule has 0 aliphatic carbocycles. The molecule has 2 saturated heterocycles. The molecule has 204 valence electrons. The molecular formula is C29H41N7O2. The second kappa shape index (κ2) is 10.6. The Hall–Kier alpha value is -3.04. The van der Waals surface area contributed by atoms with Gasteiger partial charge in [-0.3, -0.25) is 0 Å². The van der Waals surface area contributed by atoms with E-state index in [1.165, 1.54) is 10.9 Å². The molecule has 9 nitrogen and oxygen atoms in total. The summed E-state index contributed by atoms with van der Waals surface area (Å²) in [4.78, 5) is 23.5. The first-order chi connectivity index (χ1) is 18.1. The Morgan fingerprint density at radius 2 is 1.84 bits per heavy atom. The van der Waals surface area contributed by atoms with Crippen molar-refractivity contribution in [2.75, 3.05) is 41.4 Å². The van der Waals surface area contributed by atoms with Crippen molar-refractivity contribution < 1.29 is 9.84 Å². The van der Waals surface area contributed by atoms with Gasteiger partial charge in [0.05, 0.1) is 18.3 Å². The Kier molecular flexibility index (Phi) is 7.42. The molecule has 3 aromatic rings. The van der Waals surface area contributed by atoms with Gasteiger partial charge in [-0.25, -0.2) is 15.0 Å². The molecule has 0 aromatic carbocycles. The van der Waals surface area contributed by atoms with Crippen molar-refractivity contribution >= 4 is 34.2 Å². The standard InChI is InChI=1S/C29H41N7O2/c1-18(2)23-14-32-27(36-16-19(3)20(36)4)24-15-31-26(13-22(23)24)33-25-7-10-30-28(34-25)35-11-8-21(9-12-35)38-17-29(5,6)37/h7,10,13-15,18-21,37H,8-9,11-12,16-17H2,1-6H3,(H,30,31,33,34)/t19-,20?/m0/s1. The summed E-state index contributed by atoms with van der Waals surface area (Å²) < 4.78 is 5.90. The number of nitrogens with zero attached hydrogens (tertiary/aromatic N) is 6. The number of aromatic nitrogens is 4. The molecule has 0 amide bonds. The van der Waals surface area contributed by atoms with E-state index in [9.17, 15) is 5.11 Å². The van der Waals surface area contributed by atoms with Crippen molar-refractivity contribution in [3.63, 3.8) is 0 Å². The van der Waals surface area contributed by atoms with E-state index < -0.39 is 5.60 Å². The van der Waals surface area contributed by atoms with Gasteiger partial charge in [-0.2, -0.15) is 4.98 Å². The Labute approximate surface area is 225 Å². The van der Waals surface area contributed by atoms with E-state index in [0.29, 0.717) is 36.3 Å². The number of hydrogen-bond donors (Lipinski definition) is 2. The number of anilines is 4. The summed E-state index contributed by atoms with van der Waals surface area (Å²) >= 11 is 0. The number of fused-ring (bicyclic) bond motifs is 1. The zero-order valence-electron chi connectivity index (χ0n) is 23.5. The predicted octanol–water partition coefficient (Wildman–Crippen LogP) is 4.89. The molecule has 2 aliphatic heterocycles. The number of nitrogens with one attached hydrogen (secondary N) is 1. The number of aliphatic hydroxyl groups is 1. The maximum absolute atomic E-state index is 9.93. The summed E-state index contributed by atoms with van der Waals surface area (Å²) in [5, 5.41) is 15.6. The van der Waals surface area contributed by atoms with Gasteiger partial charge in [-0.15, -0.1) is 0 Å². The van der Waals surface area contributed by atoms with Crippen LogP contribution < -0.4 is 15.1 Å². The second-order valence-electron chi connectivity index (χ2n) is 11.9. The second-order valence-corrected chi connectivity index (χ2v) is 11.9. The van der Waals surface area contributed by atoms with Crippen LogP contribution in [0.1, 0.15) is 65.9 Å². The molecule has 0 saturated carbocycles. The normalized spacial score (nSPS) is 20.7. The van der Waals surface area contributed by atoms with Crippen LogP contribution >= 0.6 is 0 Å². The van der Waals surface area contributed by atoms with Gasteiger partial charge < -0.3 is 25.0 Å². The molecule has 2 N–H and O–H groups in total. The molecule has 38 heavy (non-hydrogen) atoms. The van der Waals surface area contributed by atoms with Crippen molar-refractivity contribution in [3.05, 3.63) is 36.3 Å². The Morgan fingerprint density at radius 3 is 2.50 bits per heavy atom. The van der Waals surface area contributed by atoms with Gasteiger partial charge in [0.25, 0.3) is 0 Å². The van der Waals surface area contributed by atoms with E-state index in [0.717, 1.165) is 49.5 Å². The minimum absolute atomic E-state index is 0.151. The molecule has 2 fully saturated rings. The monoisotopic (exact) mass is 519 g/mol. The number of rotatable bonds is 8. The van der Waals surface area contributed by atoms with Crippen LogP contribution in [0.4, 0.5) is 23.4 Å². The SMILES string of the molecule is CC(C)c1cnc(N2C[C@H](C)C2C)c2cnc(Nc3ccnc(N4CCC(OCC(C)(C)O)CC4)n3)cc12. The van der Waals surface area contributed by atoms with E-state index >= 15 is 0 Å². The third kappa shape index (κ3) is 5.68. The molecule has 0 bridgehead atoms. The molecule has 2 atom stereocenters. The quantitative estimate of drug-likeness (QED) is 0.431. The van der Waals surface area contributed by atoms with Gasteiger partial charge in [-0.05, 0) is 68.5 Å². The highest BCUT2D eigenvalue weighted by Crippen LogP contribution is 2.37. The Balaban J connectivity index is 1.32. The molecule has 5 heterocycles. The zero-order valence-corrected chi connectivity index (χ0v) is 23.5. The lowest BCUT2D eigenvalue weighted by atomic mass is 9.91. The van der Waals surface area contributed by atoms with Crippen LogP contribution in [0, 0.1) is 5.92 Å². The van der Waals surface area contributed by atoms with Crippen LogP contribution in [0.3, 0.4) is 0 Å². The molecule has 2 aliphatic rings. The summed E-state index contributed by atoms with van der Waals surface area (Å²) in [6, 6.07) is 4.47. The lowest BCUT2D eigenvalue weighted by Gasteiger charge is -2.46. The van der Waals surface area contributed by atoms with E-state index in [1.54, 1.807) is 20.0 Å². The first-order valence-corrected chi connectivity index (χ1v) is 13.8. The van der Waals surface area contributed by atoms with Gasteiger partial charge in [0, 0.05) is 49.7 Å². The maximum Gasteiger partial charge on any atom is 0.227 e. The van der Waals surface area contributed by atoms with Crippen molar-refractivity contribution in [1.82, 2.24) is 19.9 Å². The smallest absolute Gasteiger partial charge is 0.227 e. The van der Waals surface area contributed by atoms with Crippen LogP contribution in [0.2, 0.25) is 0 Å². The van der Waals surface area contributed by atoms with E-state index in [1.807, 2.05) is 18.5 Å². The van der Waals surface area contributed by atoms with Gasteiger partial charge in [0.2, 0.25) is 5.95 Å². The summed E-state index contributed by atoms with van der Waals surface area (Å²) in [6.45, 7) is 15.5. The molecule has 0 spiro atoms. The third-order valence-electron chi connectivity index (χ3n) is 7.77. The first-order valence-electron chi connectivity index (χ1n) is 13.8. The third-order valence-corrected chi connectivity index (χ3v) is 7.77. The lowest BCUT2D eigenvalue weighted by Crippen LogP contribution is -2.53. The van der Waals surface area contributed by atoms with Crippen LogP contribution in [0.25, 0.3) is 10.8 Å². The minimum Gasteiger partial charge on any atom is -0.388 e. The van der Waals surface area contributed by atoms with E-state index in [4.69, 9.17) is 19.7 Å². The van der Waals surface area contributed by atoms with Crippen LogP contribution in [0.15, 0.2) is 30.7 Å². The average molecular weight is 520 g/mol. The van der Waals surface area contributed by atoms with E-state index in [2.05, 4.69) is 53.9 Å². The fourth-order valence-electron chi connectivity index (χ4n) is 5.22. The zero-order chi connectivity index (χ0) is 27.0. The van der Waals surface area contributed by atoms with E-state index in [-0.39, 0.29) is 6.10 Å². The highest BCUT2D eigenvalue weighted by molar-refractivity contribution is 5.96. The van der Waals surface area contributed by atoms with Crippen molar-refractivity contribution in [3.8, 4) is 0 Å². The molecule has 9 heteroatoms. The molecular weight excluding hydrogens is 478 g/mol. The lowest BCUT2D eigenvalue weighted by molar-refractivity contribution is -0.0589. The maximum atomic E-state index is 9.93. The van der Waals surface area contributed by atoms with Crippen molar-refractivity contribution in [2.24, 2.45) is 5.92 Å². The highest BCUT2D eigenvalue weighted by Gasteiger charge is 2.34. The molecule has 1 unspecified atom stereocenters. The average Bonchev–Trinajstić information content (AvgIpc) is 2.89. The largest absolute Gasteiger partial charge is 0.388 e. The molecule has 0 radical (unpaired) electrons. The number of ether oxygens (including phenoxy) is 1. The number of pyridine rings is 2. The molecule has 5 rings (SSSR count). The van der Waals surface area contributed by atoms with Gasteiger partial charge in [-0.1, -0.05) is 20.8 Å². The topological polar surface area (TPSA) is 99.5 Å². The van der Waals surface area contributed by atoms with Gasteiger partial charge >= 0.3 is 0 Å².